The van der Waals surface area contributed by atoms with E-state index in [4.69, 9.17) is 0 Å². The van der Waals surface area contributed by atoms with Crippen LogP contribution in [0.4, 0.5) is 0 Å². The molecular formula is C32H46N6O4. The Bertz CT molecular complexity index is 1740. The van der Waals surface area contributed by atoms with Crippen molar-refractivity contribution in [3.05, 3.63) is 53.8 Å². The van der Waals surface area contributed by atoms with Gasteiger partial charge < -0.3 is 4.57 Å². The molecule has 0 bridgehead atoms. The van der Waals surface area contributed by atoms with Crippen LogP contribution in [-0.2, 0) is 20.6 Å². The van der Waals surface area contributed by atoms with Crippen LogP contribution in [0.15, 0.2) is 31.3 Å². The molecule has 0 unspecified atom stereocenters. The first-order valence-corrected chi connectivity index (χ1v) is 15.9. The molecule has 0 fully saturated rings. The number of benzene rings is 1. The number of rotatable bonds is 17. The van der Waals surface area contributed by atoms with Gasteiger partial charge in [-0.15, -0.1) is 0 Å². The Morgan fingerprint density at radius 2 is 1.19 bits per heavy atom. The van der Waals surface area contributed by atoms with Gasteiger partial charge in [0.05, 0.1) is 21.9 Å². The van der Waals surface area contributed by atoms with E-state index in [0.29, 0.717) is 23.2 Å². The van der Waals surface area contributed by atoms with E-state index in [1.165, 1.54) is 97.6 Å². The highest BCUT2D eigenvalue weighted by atomic mass is 16.2. The van der Waals surface area contributed by atoms with E-state index in [-0.39, 0.29) is 16.4 Å². The van der Waals surface area contributed by atoms with Crippen LogP contribution < -0.4 is 22.5 Å². The number of fused-ring (bicyclic) bond motifs is 3. The smallest absolute Gasteiger partial charge is 0.324 e. The molecule has 0 spiro atoms. The lowest BCUT2D eigenvalue weighted by Crippen LogP contribution is -2.34. The highest BCUT2D eigenvalue weighted by molar-refractivity contribution is 5.95. The van der Waals surface area contributed by atoms with Gasteiger partial charge in [-0.3, -0.25) is 23.7 Å². The molecule has 228 valence electrons. The first kappa shape index (κ1) is 31.4. The molecule has 1 aromatic carbocycles. The van der Waals surface area contributed by atoms with E-state index >= 15 is 0 Å². The summed E-state index contributed by atoms with van der Waals surface area (Å²) < 4.78 is 3.81. The number of unbranched alkanes of at least 4 members (excludes halogenated alkanes) is 15. The predicted octanol–water partition coefficient (Wildman–Crippen LogP) is 5.45. The molecule has 4 aromatic rings. The first-order chi connectivity index (χ1) is 20.3. The Morgan fingerprint density at radius 1 is 0.643 bits per heavy atom. The zero-order valence-electron chi connectivity index (χ0n) is 25.5. The first-order valence-electron chi connectivity index (χ1n) is 15.9. The minimum Gasteiger partial charge on any atom is -0.324 e. The van der Waals surface area contributed by atoms with Crippen molar-refractivity contribution < 1.29 is 0 Å². The fraction of sp³-hybridized carbons (Fsp3) is 0.625. The number of H-pyrrole nitrogens is 1. The third kappa shape index (κ3) is 7.44. The fourth-order valence-electron chi connectivity index (χ4n) is 5.76. The number of aromatic amines is 1. The monoisotopic (exact) mass is 578 g/mol. The third-order valence-corrected chi connectivity index (χ3v) is 8.42. The van der Waals surface area contributed by atoms with E-state index in [1.807, 2.05) is 4.57 Å². The maximum absolute atomic E-state index is 12.9. The van der Waals surface area contributed by atoms with Crippen molar-refractivity contribution >= 4 is 33.1 Å². The largest absolute Gasteiger partial charge is 0.350 e. The molecule has 0 atom stereocenters. The van der Waals surface area contributed by atoms with Crippen LogP contribution in [-0.4, -0.2) is 28.7 Å². The van der Waals surface area contributed by atoms with Gasteiger partial charge in [0.15, 0.2) is 5.52 Å². The Balaban J connectivity index is 1.36. The number of nitrogens with one attached hydrogen (secondary N) is 1. The zero-order chi connectivity index (χ0) is 30.1. The molecule has 1 N–H and O–H groups in total. The molecule has 10 heteroatoms. The molecule has 0 saturated heterocycles. The van der Waals surface area contributed by atoms with E-state index < -0.39 is 22.5 Å². The van der Waals surface area contributed by atoms with Crippen molar-refractivity contribution in [2.75, 3.05) is 0 Å². The van der Waals surface area contributed by atoms with Gasteiger partial charge in [-0.1, -0.05) is 103 Å². The highest BCUT2D eigenvalue weighted by Crippen LogP contribution is 2.22. The van der Waals surface area contributed by atoms with Crippen LogP contribution in [0, 0.1) is 0 Å². The quantitative estimate of drug-likeness (QED) is 0.131. The van der Waals surface area contributed by atoms with Crippen LogP contribution in [0.5, 0.6) is 0 Å². The maximum atomic E-state index is 12.9. The standard InChI is InChI=1S/C32H46N6O4/c1-4-5-6-7-8-9-10-11-12-13-14-15-16-17-18-19-20-38-26-22-24-23(29(39)36(2)31(41)34-24)21-25(26)33-27-28(38)35-32(42)37(3)30(27)40/h21-22H,4-20H2,1-3H3,(H,35,42). The highest BCUT2D eigenvalue weighted by Gasteiger charge is 2.16. The van der Waals surface area contributed by atoms with Gasteiger partial charge in [0, 0.05) is 20.6 Å². The lowest BCUT2D eigenvalue weighted by atomic mass is 10.0. The Labute approximate surface area is 245 Å². The molecule has 0 aliphatic heterocycles. The Morgan fingerprint density at radius 3 is 1.76 bits per heavy atom. The van der Waals surface area contributed by atoms with Gasteiger partial charge >= 0.3 is 11.4 Å². The van der Waals surface area contributed by atoms with Gasteiger partial charge in [-0.2, -0.15) is 4.98 Å². The van der Waals surface area contributed by atoms with Crippen LogP contribution in [0.25, 0.3) is 33.1 Å². The van der Waals surface area contributed by atoms with E-state index in [9.17, 15) is 19.2 Å². The fourth-order valence-corrected chi connectivity index (χ4v) is 5.76. The average Bonchev–Trinajstić information content (AvgIpc) is 2.98. The topological polar surface area (TPSA) is 125 Å². The van der Waals surface area contributed by atoms with Crippen LogP contribution in [0.2, 0.25) is 0 Å². The lowest BCUT2D eigenvalue weighted by Gasteiger charge is -2.15. The Kier molecular flexibility index (Phi) is 11.3. The van der Waals surface area contributed by atoms with Crippen molar-refractivity contribution in [3.8, 4) is 0 Å². The summed E-state index contributed by atoms with van der Waals surface area (Å²) in [5.74, 6) is 0. The van der Waals surface area contributed by atoms with E-state index in [0.717, 1.165) is 28.4 Å². The summed E-state index contributed by atoms with van der Waals surface area (Å²) in [6, 6.07) is 3.23. The van der Waals surface area contributed by atoms with Gasteiger partial charge in [0.25, 0.3) is 11.1 Å². The number of aryl methyl sites for hydroxylation is 1. The zero-order valence-corrected chi connectivity index (χ0v) is 25.5. The molecular weight excluding hydrogens is 532 g/mol. The van der Waals surface area contributed by atoms with E-state index in [1.54, 1.807) is 12.1 Å². The summed E-state index contributed by atoms with van der Waals surface area (Å²) in [6.07, 6.45) is 20.4. The van der Waals surface area contributed by atoms with Crippen molar-refractivity contribution in [1.29, 1.82) is 0 Å². The summed E-state index contributed by atoms with van der Waals surface area (Å²) in [6.45, 7) is 2.82. The second-order valence-corrected chi connectivity index (χ2v) is 11.7. The second-order valence-electron chi connectivity index (χ2n) is 11.7. The summed E-state index contributed by atoms with van der Waals surface area (Å²) in [5, 5.41) is 0.256. The van der Waals surface area contributed by atoms with Crippen LogP contribution in [0.1, 0.15) is 110 Å². The lowest BCUT2D eigenvalue weighted by molar-refractivity contribution is 0.523. The molecule has 42 heavy (non-hydrogen) atoms. The number of hydrogen-bond donors (Lipinski definition) is 1. The number of aromatic nitrogens is 6. The van der Waals surface area contributed by atoms with Gasteiger partial charge in [0.1, 0.15) is 5.65 Å². The van der Waals surface area contributed by atoms with Crippen molar-refractivity contribution in [1.82, 2.24) is 28.7 Å². The van der Waals surface area contributed by atoms with Crippen molar-refractivity contribution in [2.24, 2.45) is 14.1 Å². The molecule has 0 aliphatic carbocycles. The maximum Gasteiger partial charge on any atom is 0.350 e. The average molecular weight is 579 g/mol. The molecule has 4 rings (SSSR count). The summed E-state index contributed by atoms with van der Waals surface area (Å²) >= 11 is 0. The van der Waals surface area contributed by atoms with Gasteiger partial charge in [-0.25, -0.2) is 14.6 Å². The molecule has 0 radical (unpaired) electrons. The van der Waals surface area contributed by atoms with Crippen LogP contribution >= 0.6 is 0 Å². The Hall–Kier alpha value is -3.56. The van der Waals surface area contributed by atoms with Crippen molar-refractivity contribution in [3.63, 3.8) is 0 Å². The van der Waals surface area contributed by atoms with Crippen molar-refractivity contribution in [2.45, 2.75) is 116 Å². The predicted molar refractivity (Wildman–Crippen MR) is 169 cm³/mol. The van der Waals surface area contributed by atoms with Gasteiger partial charge in [0.2, 0.25) is 0 Å². The summed E-state index contributed by atoms with van der Waals surface area (Å²) in [4.78, 5) is 61.7. The summed E-state index contributed by atoms with van der Waals surface area (Å²) in [7, 11) is 2.79. The van der Waals surface area contributed by atoms with Gasteiger partial charge in [-0.05, 0) is 18.6 Å². The number of nitrogens with zero attached hydrogens (tertiary/aromatic N) is 5. The molecule has 3 heterocycles. The number of hydrogen-bond acceptors (Lipinski definition) is 6. The SMILES string of the molecule is CCCCCCCCCCCCCCCCCCn1c2cc3nc(=O)n(C)c(=O)c3cc2nc2c(=O)n(C)c(=O)[nH]c21. The minimum atomic E-state index is -0.632. The minimum absolute atomic E-state index is 0.130. The molecule has 0 aliphatic rings. The normalized spacial score (nSPS) is 11.8. The summed E-state index contributed by atoms with van der Waals surface area (Å²) in [5.41, 5.74) is -0.342. The molecule has 10 nitrogen and oxygen atoms in total. The van der Waals surface area contributed by atoms with Crippen LogP contribution in [0.3, 0.4) is 0 Å². The second kappa shape index (κ2) is 15.1. The molecule has 0 amide bonds. The third-order valence-electron chi connectivity index (χ3n) is 8.42. The molecule has 3 aromatic heterocycles. The molecule has 0 saturated carbocycles. The van der Waals surface area contributed by atoms with E-state index in [2.05, 4.69) is 21.9 Å².